The van der Waals surface area contributed by atoms with Gasteiger partial charge >= 0.3 is 0 Å². The van der Waals surface area contributed by atoms with E-state index < -0.39 is 5.41 Å². The first kappa shape index (κ1) is 29.3. The van der Waals surface area contributed by atoms with E-state index >= 15 is 0 Å². The van der Waals surface area contributed by atoms with Gasteiger partial charge in [-0.25, -0.2) is 10.8 Å². The smallest absolute Gasteiger partial charge is 0.142 e. The number of piperidine rings is 1. The first-order chi connectivity index (χ1) is 19.6. The van der Waals surface area contributed by atoms with Crippen molar-refractivity contribution in [3.8, 4) is 0 Å². The molecule has 2 aromatic carbocycles. The lowest BCUT2D eigenvalue weighted by atomic mass is 9.62. The topological polar surface area (TPSA) is 93.4 Å². The fourth-order valence-electron chi connectivity index (χ4n) is 6.85. The number of anilines is 2. The Morgan fingerprint density at radius 1 is 1.07 bits per heavy atom. The maximum absolute atomic E-state index is 14.0. The van der Waals surface area contributed by atoms with Crippen LogP contribution in [0.1, 0.15) is 91.9 Å². The van der Waals surface area contributed by atoms with Crippen molar-refractivity contribution in [3.63, 3.8) is 0 Å². The number of nitrogen functional groups attached to an aromatic ring is 1. The van der Waals surface area contributed by atoms with Crippen LogP contribution in [0.5, 0.6) is 0 Å². The standard InChI is InChI=1S/C34H48N6O/c1-23-12-13-26(20-27(23)21-40-19-16-37-30(40)22-39-17-7-6-8-18-39)31(34(3,4)33(41)25-10-9-11-25)28-14-15-29(38(5)36)32(35)24(28)2/h12-16,19-20,25,31H,6-11,17-18,21-22,35-36H2,1-5H3. The number of hydrogen-bond donors (Lipinski definition) is 2. The molecule has 1 aliphatic carbocycles. The number of ketones is 1. The van der Waals surface area contributed by atoms with Crippen molar-refractivity contribution in [2.75, 3.05) is 30.9 Å². The van der Waals surface area contributed by atoms with Gasteiger partial charge in [-0.2, -0.15) is 0 Å². The normalized spacial score (nSPS) is 17.3. The molecule has 0 spiro atoms. The molecule has 4 N–H and O–H groups in total. The molecule has 41 heavy (non-hydrogen) atoms. The second-order valence-electron chi connectivity index (χ2n) is 13.0. The van der Waals surface area contributed by atoms with Crippen LogP contribution in [0.15, 0.2) is 42.7 Å². The highest BCUT2D eigenvalue weighted by Gasteiger charge is 2.44. The zero-order valence-electron chi connectivity index (χ0n) is 25.6. The summed E-state index contributed by atoms with van der Waals surface area (Å²) in [5.41, 5.74) is 13.2. The Labute approximate surface area is 245 Å². The number of likely N-dealkylation sites (tertiary alicyclic amines) is 1. The first-order valence-electron chi connectivity index (χ1n) is 15.3. The second kappa shape index (κ2) is 12.0. The van der Waals surface area contributed by atoms with Crippen LogP contribution in [0.4, 0.5) is 11.4 Å². The summed E-state index contributed by atoms with van der Waals surface area (Å²) in [5.74, 6) is 7.56. The van der Waals surface area contributed by atoms with Crippen LogP contribution >= 0.6 is 0 Å². The Bertz CT molecular complexity index is 1380. The minimum Gasteiger partial charge on any atom is -0.397 e. The minimum atomic E-state index is -0.598. The summed E-state index contributed by atoms with van der Waals surface area (Å²) in [6.07, 6.45) is 11.0. The van der Waals surface area contributed by atoms with Gasteiger partial charge in [0, 0.05) is 43.2 Å². The first-order valence-corrected chi connectivity index (χ1v) is 15.3. The third kappa shape index (κ3) is 5.93. The Morgan fingerprint density at radius 3 is 2.46 bits per heavy atom. The Balaban J connectivity index is 1.53. The van der Waals surface area contributed by atoms with E-state index in [0.29, 0.717) is 11.5 Å². The molecule has 0 bridgehead atoms. The zero-order valence-corrected chi connectivity index (χ0v) is 25.6. The number of hydrogen-bond acceptors (Lipinski definition) is 6. The molecule has 7 nitrogen and oxygen atoms in total. The summed E-state index contributed by atoms with van der Waals surface area (Å²) < 4.78 is 2.29. The van der Waals surface area contributed by atoms with Crippen molar-refractivity contribution in [1.82, 2.24) is 14.5 Å². The highest BCUT2D eigenvalue weighted by atomic mass is 16.1. The molecule has 1 aliphatic heterocycles. The third-order valence-corrected chi connectivity index (χ3v) is 9.72. The number of carbonyl (C=O) groups excluding carboxylic acids is 1. The quantitative estimate of drug-likeness (QED) is 0.182. The molecule has 1 unspecified atom stereocenters. The van der Waals surface area contributed by atoms with Crippen LogP contribution < -0.4 is 16.6 Å². The van der Waals surface area contributed by atoms with Gasteiger partial charge in [0.1, 0.15) is 11.6 Å². The second-order valence-corrected chi connectivity index (χ2v) is 13.0. The summed E-state index contributed by atoms with van der Waals surface area (Å²) in [5, 5.41) is 1.56. The van der Waals surface area contributed by atoms with Crippen LogP contribution in [0.2, 0.25) is 0 Å². The fraction of sp³-hybridized carbons (Fsp3) is 0.529. The Kier molecular flexibility index (Phi) is 8.57. The largest absolute Gasteiger partial charge is 0.397 e. The molecule has 0 amide bonds. The molecule has 2 heterocycles. The molecule has 220 valence electrons. The van der Waals surface area contributed by atoms with Gasteiger partial charge in [0.2, 0.25) is 0 Å². The van der Waals surface area contributed by atoms with Gasteiger partial charge in [-0.05, 0) is 86.5 Å². The van der Waals surface area contributed by atoms with Crippen LogP contribution in [0.25, 0.3) is 0 Å². The van der Waals surface area contributed by atoms with E-state index in [9.17, 15) is 4.79 Å². The lowest BCUT2D eigenvalue weighted by Crippen LogP contribution is -2.39. The molecular weight excluding hydrogens is 508 g/mol. The molecule has 1 saturated carbocycles. The van der Waals surface area contributed by atoms with Gasteiger partial charge in [0.15, 0.2) is 0 Å². The molecule has 1 saturated heterocycles. The van der Waals surface area contributed by atoms with Crippen molar-refractivity contribution in [1.29, 1.82) is 0 Å². The number of nitrogens with zero attached hydrogens (tertiary/aromatic N) is 4. The summed E-state index contributed by atoms with van der Waals surface area (Å²) >= 11 is 0. The summed E-state index contributed by atoms with van der Waals surface area (Å²) in [4.78, 5) is 21.2. The van der Waals surface area contributed by atoms with Crippen molar-refractivity contribution in [2.45, 2.75) is 85.2 Å². The maximum atomic E-state index is 14.0. The van der Waals surface area contributed by atoms with Gasteiger partial charge in [-0.15, -0.1) is 0 Å². The van der Waals surface area contributed by atoms with E-state index in [1.165, 1.54) is 30.4 Å². The summed E-state index contributed by atoms with van der Waals surface area (Å²) in [6, 6.07) is 10.8. The minimum absolute atomic E-state index is 0.134. The van der Waals surface area contributed by atoms with Crippen LogP contribution in [-0.4, -0.2) is 40.4 Å². The summed E-state index contributed by atoms with van der Waals surface area (Å²) in [7, 11) is 1.80. The highest BCUT2D eigenvalue weighted by Crippen LogP contribution is 2.48. The monoisotopic (exact) mass is 556 g/mol. The average molecular weight is 557 g/mol. The Hall–Kier alpha value is -3.16. The number of carbonyl (C=O) groups is 1. The average Bonchev–Trinajstić information content (AvgIpc) is 3.34. The van der Waals surface area contributed by atoms with Crippen molar-refractivity contribution < 1.29 is 4.79 Å². The highest BCUT2D eigenvalue weighted by molar-refractivity contribution is 5.89. The molecule has 2 aliphatic rings. The van der Waals surface area contributed by atoms with Crippen molar-refractivity contribution in [2.24, 2.45) is 17.2 Å². The summed E-state index contributed by atoms with van der Waals surface area (Å²) in [6.45, 7) is 12.4. The fourth-order valence-corrected chi connectivity index (χ4v) is 6.85. The molecule has 3 aromatic rings. The van der Waals surface area contributed by atoms with E-state index in [2.05, 4.69) is 67.6 Å². The van der Waals surface area contributed by atoms with Gasteiger partial charge in [-0.3, -0.25) is 9.69 Å². The molecule has 1 atom stereocenters. The third-order valence-electron chi connectivity index (χ3n) is 9.72. The van der Waals surface area contributed by atoms with Crippen molar-refractivity contribution >= 4 is 17.2 Å². The van der Waals surface area contributed by atoms with E-state index in [0.717, 1.165) is 73.6 Å². The number of benzene rings is 2. The number of nitrogens with two attached hydrogens (primary N) is 2. The van der Waals surface area contributed by atoms with Crippen LogP contribution in [-0.2, 0) is 17.9 Å². The predicted octanol–water partition coefficient (Wildman–Crippen LogP) is 5.95. The van der Waals surface area contributed by atoms with Crippen LogP contribution in [0, 0.1) is 25.2 Å². The molecule has 0 radical (unpaired) electrons. The lowest BCUT2D eigenvalue weighted by Gasteiger charge is -2.40. The van der Waals surface area contributed by atoms with E-state index in [1.807, 2.05) is 12.3 Å². The van der Waals surface area contributed by atoms with Gasteiger partial charge in [0.25, 0.3) is 0 Å². The maximum Gasteiger partial charge on any atom is 0.142 e. The number of hydrazine groups is 1. The van der Waals surface area contributed by atoms with Gasteiger partial charge in [0.05, 0.1) is 17.9 Å². The number of imidazole rings is 1. The van der Waals surface area contributed by atoms with Crippen molar-refractivity contribution in [3.05, 3.63) is 76.4 Å². The van der Waals surface area contributed by atoms with E-state index in [4.69, 9.17) is 16.6 Å². The van der Waals surface area contributed by atoms with Crippen LogP contribution in [0.3, 0.4) is 0 Å². The van der Waals surface area contributed by atoms with Gasteiger partial charge < -0.3 is 15.3 Å². The lowest BCUT2D eigenvalue weighted by molar-refractivity contribution is -0.134. The number of aryl methyl sites for hydroxylation is 1. The Morgan fingerprint density at radius 2 is 1.80 bits per heavy atom. The SMILES string of the molecule is Cc1ccc(C(c2ccc(N(C)N)c(N)c2C)C(C)(C)C(=O)C2CCC2)cc1Cn1ccnc1CN1CCCCC1. The van der Waals surface area contributed by atoms with E-state index in [-0.39, 0.29) is 11.8 Å². The zero-order chi connectivity index (χ0) is 29.3. The molecule has 1 aromatic heterocycles. The number of rotatable bonds is 10. The molecular formula is C34H48N6O. The number of Topliss-reactive ketones (excluding diaryl/α,β-unsaturated/α-hetero) is 1. The van der Waals surface area contributed by atoms with Gasteiger partial charge in [-0.1, -0.05) is 51.0 Å². The molecule has 5 rings (SSSR count). The molecule has 7 heteroatoms. The molecule has 2 fully saturated rings. The van der Waals surface area contributed by atoms with E-state index in [1.54, 1.807) is 12.1 Å². The predicted molar refractivity (Wildman–Crippen MR) is 168 cm³/mol. The number of aromatic nitrogens is 2.